The van der Waals surface area contributed by atoms with Crippen molar-refractivity contribution >= 4 is 27.4 Å². The Hall–Kier alpha value is -2.74. The van der Waals surface area contributed by atoms with Crippen molar-refractivity contribution in [3.8, 4) is 0 Å². The van der Waals surface area contributed by atoms with Crippen LogP contribution in [0.1, 0.15) is 28.8 Å². The monoisotopic (exact) mass is 425 g/mol. The van der Waals surface area contributed by atoms with Gasteiger partial charge in [-0.15, -0.1) is 0 Å². The molecule has 3 aromatic rings. The van der Waals surface area contributed by atoms with E-state index in [9.17, 15) is 8.42 Å². The van der Waals surface area contributed by atoms with Gasteiger partial charge in [-0.1, -0.05) is 78.4 Å². The Balaban J connectivity index is 2.06. The third kappa shape index (κ3) is 5.41. The predicted molar refractivity (Wildman–Crippen MR) is 120 cm³/mol. The molecule has 0 aromatic heterocycles. The molecular formula is C22H23N3O2S2. The maximum absolute atomic E-state index is 13.1. The number of hydrogen-bond acceptors (Lipinski definition) is 3. The van der Waals surface area contributed by atoms with Gasteiger partial charge in [0.2, 0.25) is 10.0 Å². The number of aryl methyl sites for hydroxylation is 1. The van der Waals surface area contributed by atoms with Gasteiger partial charge in [-0.3, -0.25) is 0 Å². The summed E-state index contributed by atoms with van der Waals surface area (Å²) in [6.45, 7) is 1.91. The molecule has 0 saturated carbocycles. The first-order valence-corrected chi connectivity index (χ1v) is 11.0. The molecule has 0 heterocycles. The summed E-state index contributed by atoms with van der Waals surface area (Å²) >= 11 is 5.08. The third-order valence-corrected chi connectivity index (χ3v) is 6.14. The molecule has 7 heteroatoms. The highest BCUT2D eigenvalue weighted by Crippen LogP contribution is 2.30. The van der Waals surface area contributed by atoms with Crippen LogP contribution in [0.15, 0.2) is 89.8 Å². The minimum absolute atomic E-state index is 0.0920. The van der Waals surface area contributed by atoms with Gasteiger partial charge < -0.3 is 11.1 Å². The Labute approximate surface area is 177 Å². The van der Waals surface area contributed by atoms with Gasteiger partial charge in [0.15, 0.2) is 5.11 Å². The van der Waals surface area contributed by atoms with Gasteiger partial charge in [-0.05, 0) is 42.4 Å². The lowest BCUT2D eigenvalue weighted by molar-refractivity contribution is 0.475. The van der Waals surface area contributed by atoms with E-state index in [1.807, 2.05) is 67.6 Å². The van der Waals surface area contributed by atoms with Gasteiger partial charge >= 0.3 is 0 Å². The summed E-state index contributed by atoms with van der Waals surface area (Å²) in [5.41, 5.74) is 8.42. The van der Waals surface area contributed by atoms with Crippen LogP contribution in [0.5, 0.6) is 0 Å². The minimum atomic E-state index is -3.79. The maximum atomic E-state index is 13.1. The van der Waals surface area contributed by atoms with Gasteiger partial charge in [0.25, 0.3) is 0 Å². The predicted octanol–water partition coefficient (Wildman–Crippen LogP) is 3.59. The topological polar surface area (TPSA) is 84.2 Å². The Morgan fingerprint density at radius 2 is 1.31 bits per heavy atom. The molecule has 4 N–H and O–H groups in total. The number of thiocarbonyl (C=S) groups is 1. The number of nitrogens with two attached hydrogens (primary N) is 1. The summed E-state index contributed by atoms with van der Waals surface area (Å²) < 4.78 is 29.1. The lowest BCUT2D eigenvalue weighted by atomic mass is 9.94. The Morgan fingerprint density at radius 3 is 1.79 bits per heavy atom. The number of hydrogen-bond donors (Lipinski definition) is 3. The summed E-state index contributed by atoms with van der Waals surface area (Å²) in [6.07, 6.45) is 0. The highest BCUT2D eigenvalue weighted by Gasteiger charge is 2.30. The second kappa shape index (κ2) is 9.17. The molecule has 0 aliphatic rings. The number of benzene rings is 3. The van der Waals surface area contributed by atoms with E-state index in [1.54, 1.807) is 24.3 Å². The van der Waals surface area contributed by atoms with Gasteiger partial charge in [0, 0.05) is 0 Å². The molecule has 0 unspecified atom stereocenters. The van der Waals surface area contributed by atoms with Crippen molar-refractivity contribution in [2.45, 2.75) is 23.9 Å². The molecule has 2 atom stereocenters. The minimum Gasteiger partial charge on any atom is -0.376 e. The van der Waals surface area contributed by atoms with Gasteiger partial charge in [0.05, 0.1) is 17.0 Å². The van der Waals surface area contributed by atoms with E-state index in [0.29, 0.717) is 0 Å². The fourth-order valence-corrected chi connectivity index (χ4v) is 4.48. The first-order chi connectivity index (χ1) is 13.9. The smallest absolute Gasteiger partial charge is 0.241 e. The molecule has 3 rings (SSSR count). The zero-order valence-corrected chi connectivity index (χ0v) is 17.6. The highest BCUT2D eigenvalue weighted by atomic mass is 32.2. The van der Waals surface area contributed by atoms with E-state index in [1.165, 1.54) is 0 Å². The first kappa shape index (κ1) is 21.0. The molecule has 29 heavy (non-hydrogen) atoms. The van der Waals surface area contributed by atoms with Crippen LogP contribution >= 0.6 is 12.2 Å². The Bertz CT molecular complexity index is 1050. The van der Waals surface area contributed by atoms with Gasteiger partial charge in [-0.25, -0.2) is 13.1 Å². The zero-order chi connectivity index (χ0) is 20.9. The van der Waals surface area contributed by atoms with E-state index < -0.39 is 22.1 Å². The first-order valence-electron chi connectivity index (χ1n) is 9.12. The van der Waals surface area contributed by atoms with Crippen LogP contribution in [0.2, 0.25) is 0 Å². The molecule has 0 bridgehead atoms. The molecule has 0 fully saturated rings. The van der Waals surface area contributed by atoms with Crippen molar-refractivity contribution in [1.82, 2.24) is 10.0 Å². The molecule has 150 valence electrons. The molecule has 0 aliphatic carbocycles. The SMILES string of the molecule is Cc1ccc(S(=O)(=O)N[C@@H](c2ccccc2)[C@@H](NC(N)=S)c2ccccc2)cc1. The number of nitrogens with one attached hydrogen (secondary N) is 2. The number of rotatable bonds is 7. The van der Waals surface area contributed by atoms with Crippen LogP contribution in [-0.2, 0) is 10.0 Å². The Kier molecular flexibility index (Phi) is 6.64. The molecule has 0 spiro atoms. The van der Waals surface area contributed by atoms with Crippen molar-refractivity contribution in [3.63, 3.8) is 0 Å². The van der Waals surface area contributed by atoms with Crippen LogP contribution in [0.3, 0.4) is 0 Å². The zero-order valence-electron chi connectivity index (χ0n) is 15.9. The van der Waals surface area contributed by atoms with Crippen molar-refractivity contribution in [3.05, 3.63) is 102 Å². The fourth-order valence-electron chi connectivity index (χ4n) is 3.11. The maximum Gasteiger partial charge on any atom is 0.241 e. The molecule has 0 amide bonds. The van der Waals surface area contributed by atoms with Crippen LogP contribution in [0.4, 0.5) is 0 Å². The average molecular weight is 426 g/mol. The average Bonchev–Trinajstić information content (AvgIpc) is 2.72. The van der Waals surface area contributed by atoms with Crippen LogP contribution in [0.25, 0.3) is 0 Å². The van der Waals surface area contributed by atoms with Gasteiger partial charge in [0.1, 0.15) is 0 Å². The number of sulfonamides is 1. The van der Waals surface area contributed by atoms with Crippen molar-refractivity contribution in [2.75, 3.05) is 0 Å². The van der Waals surface area contributed by atoms with E-state index in [0.717, 1.165) is 16.7 Å². The summed E-state index contributed by atoms with van der Waals surface area (Å²) in [4.78, 5) is 0.200. The van der Waals surface area contributed by atoms with E-state index in [-0.39, 0.29) is 10.0 Å². The lowest BCUT2D eigenvalue weighted by Crippen LogP contribution is -2.42. The molecule has 0 radical (unpaired) electrons. The van der Waals surface area contributed by atoms with Crippen LogP contribution in [-0.4, -0.2) is 13.5 Å². The lowest BCUT2D eigenvalue weighted by Gasteiger charge is -2.30. The van der Waals surface area contributed by atoms with Crippen molar-refractivity contribution < 1.29 is 8.42 Å². The molecule has 0 saturated heterocycles. The standard InChI is InChI=1S/C22H23N3O2S2/c1-16-12-14-19(15-13-16)29(26,27)25-21(18-10-6-3-7-11-18)20(24-22(23)28)17-8-4-2-5-9-17/h2-15,20-21,25H,1H3,(H3,23,24,28)/t20-,21-/m0/s1. The summed E-state index contributed by atoms with van der Waals surface area (Å²) in [7, 11) is -3.79. The second-order valence-corrected chi connectivity index (χ2v) is 8.87. The summed E-state index contributed by atoms with van der Waals surface area (Å²) in [5.74, 6) is 0. The highest BCUT2D eigenvalue weighted by molar-refractivity contribution is 7.89. The van der Waals surface area contributed by atoms with Crippen molar-refractivity contribution in [1.29, 1.82) is 0 Å². The van der Waals surface area contributed by atoms with E-state index >= 15 is 0 Å². The summed E-state index contributed by atoms with van der Waals surface area (Å²) in [6, 6.07) is 24.5. The summed E-state index contributed by atoms with van der Waals surface area (Å²) in [5, 5.41) is 3.15. The van der Waals surface area contributed by atoms with Crippen LogP contribution in [0, 0.1) is 6.92 Å². The molecule has 3 aromatic carbocycles. The van der Waals surface area contributed by atoms with Crippen molar-refractivity contribution in [2.24, 2.45) is 5.73 Å². The molecular weight excluding hydrogens is 402 g/mol. The van der Waals surface area contributed by atoms with E-state index in [2.05, 4.69) is 10.0 Å². The normalized spacial score (nSPS) is 13.4. The van der Waals surface area contributed by atoms with Gasteiger partial charge in [-0.2, -0.15) is 0 Å². The largest absolute Gasteiger partial charge is 0.376 e. The molecule has 5 nitrogen and oxygen atoms in total. The molecule has 0 aliphatic heterocycles. The fraction of sp³-hybridized carbons (Fsp3) is 0.136. The van der Waals surface area contributed by atoms with E-state index in [4.69, 9.17) is 18.0 Å². The quantitative estimate of drug-likeness (QED) is 0.504. The Morgan fingerprint density at radius 1 is 0.828 bits per heavy atom. The van der Waals surface area contributed by atoms with Crippen LogP contribution < -0.4 is 15.8 Å². The second-order valence-electron chi connectivity index (χ2n) is 6.72. The third-order valence-electron chi connectivity index (χ3n) is 4.56.